The average molecular weight is 415 g/mol. The van der Waals surface area contributed by atoms with E-state index in [1.807, 2.05) is 67.7 Å². The molecule has 0 aliphatic carbocycles. The maximum absolute atomic E-state index is 13.1. The number of nitrogens with zero attached hydrogens (tertiary/aromatic N) is 2. The lowest BCUT2D eigenvalue weighted by Crippen LogP contribution is -2.30. The normalized spacial score (nSPS) is 15.2. The largest absolute Gasteiger partial charge is 0.497 e. The zero-order valence-corrected chi connectivity index (χ0v) is 17.7. The number of carbonyl (C=O) groups is 1. The minimum Gasteiger partial charge on any atom is -0.497 e. The summed E-state index contributed by atoms with van der Waals surface area (Å²) in [7, 11) is 3.46. The zero-order valence-electron chi connectivity index (χ0n) is 16.9. The molecule has 150 valence electrons. The zero-order chi connectivity index (χ0) is 21.1. The van der Waals surface area contributed by atoms with Crippen LogP contribution in [0.1, 0.15) is 11.1 Å². The van der Waals surface area contributed by atoms with Gasteiger partial charge in [-0.1, -0.05) is 66.7 Å². The van der Waals surface area contributed by atoms with Crippen molar-refractivity contribution in [3.05, 3.63) is 95.7 Å². The Bertz CT molecular complexity index is 1090. The Morgan fingerprint density at radius 1 is 0.900 bits per heavy atom. The fraction of sp³-hybridized carbons (Fsp3) is 0.120. The molecule has 0 N–H and O–H groups in total. The Labute approximate surface area is 182 Å². The summed E-state index contributed by atoms with van der Waals surface area (Å²) < 4.78 is 5.19. The van der Waals surface area contributed by atoms with Crippen LogP contribution in [0.15, 0.2) is 84.6 Å². The van der Waals surface area contributed by atoms with E-state index in [1.165, 1.54) is 5.56 Å². The number of methoxy groups -OCH3 is 1. The smallest absolute Gasteiger partial charge is 0.277 e. The Morgan fingerprint density at radius 2 is 1.53 bits per heavy atom. The van der Waals surface area contributed by atoms with Gasteiger partial charge >= 0.3 is 0 Å². The number of carbonyl (C=O) groups excluding carboxylic acids is 1. The van der Waals surface area contributed by atoms with Crippen LogP contribution in [0.3, 0.4) is 0 Å². The Hall–Kier alpha value is -3.44. The predicted octanol–water partition coefficient (Wildman–Crippen LogP) is 4.96. The second-order valence-corrected chi connectivity index (χ2v) is 7.46. The SMILES string of the molecule is COc1ccc(C=C2C(=O)N(Cc3ccc(-c4ccccc4)cc3)C(=S)N2C)cc1. The summed E-state index contributed by atoms with van der Waals surface area (Å²) in [6.45, 7) is 0.441. The van der Waals surface area contributed by atoms with Gasteiger partial charge in [0.15, 0.2) is 5.11 Å². The van der Waals surface area contributed by atoms with Gasteiger partial charge in [0.2, 0.25) is 0 Å². The molecule has 0 atom stereocenters. The maximum Gasteiger partial charge on any atom is 0.277 e. The molecule has 0 aromatic heterocycles. The van der Waals surface area contributed by atoms with Gasteiger partial charge in [0.05, 0.1) is 13.7 Å². The van der Waals surface area contributed by atoms with Gasteiger partial charge in [0, 0.05) is 7.05 Å². The summed E-state index contributed by atoms with van der Waals surface area (Å²) in [5.74, 6) is 0.685. The van der Waals surface area contributed by atoms with Gasteiger partial charge in [-0.25, -0.2) is 0 Å². The van der Waals surface area contributed by atoms with Gasteiger partial charge < -0.3 is 9.64 Å². The van der Waals surface area contributed by atoms with Crippen LogP contribution in [-0.2, 0) is 11.3 Å². The number of ether oxygens (including phenoxy) is 1. The van der Waals surface area contributed by atoms with Crippen LogP contribution >= 0.6 is 12.2 Å². The van der Waals surface area contributed by atoms with E-state index < -0.39 is 0 Å². The molecule has 5 heteroatoms. The van der Waals surface area contributed by atoms with E-state index in [-0.39, 0.29) is 5.91 Å². The van der Waals surface area contributed by atoms with E-state index in [0.29, 0.717) is 17.4 Å². The third kappa shape index (κ3) is 3.98. The Morgan fingerprint density at radius 3 is 2.17 bits per heavy atom. The van der Waals surface area contributed by atoms with Crippen molar-refractivity contribution in [2.45, 2.75) is 6.54 Å². The Kier molecular flexibility index (Phi) is 5.63. The molecule has 1 saturated heterocycles. The van der Waals surface area contributed by atoms with Crippen molar-refractivity contribution in [2.24, 2.45) is 0 Å². The van der Waals surface area contributed by atoms with Crippen molar-refractivity contribution in [3.8, 4) is 16.9 Å². The van der Waals surface area contributed by atoms with Crippen molar-refractivity contribution in [3.63, 3.8) is 0 Å². The third-order valence-corrected chi connectivity index (χ3v) is 5.66. The summed E-state index contributed by atoms with van der Waals surface area (Å²) in [5.41, 5.74) is 4.83. The predicted molar refractivity (Wildman–Crippen MR) is 124 cm³/mol. The number of amides is 1. The van der Waals surface area contributed by atoms with Gasteiger partial charge in [0.1, 0.15) is 11.4 Å². The van der Waals surface area contributed by atoms with Crippen molar-refractivity contribution < 1.29 is 9.53 Å². The number of hydrogen-bond acceptors (Lipinski definition) is 3. The second-order valence-electron chi connectivity index (χ2n) is 7.10. The number of thiocarbonyl (C=S) groups is 1. The molecule has 3 aromatic rings. The quantitative estimate of drug-likeness (QED) is 0.436. The van der Waals surface area contributed by atoms with Crippen LogP contribution in [0, 0.1) is 0 Å². The average Bonchev–Trinajstić information content (AvgIpc) is 2.99. The molecule has 1 heterocycles. The highest BCUT2D eigenvalue weighted by atomic mass is 32.1. The fourth-order valence-corrected chi connectivity index (χ4v) is 3.67. The van der Waals surface area contributed by atoms with Gasteiger partial charge in [-0.2, -0.15) is 0 Å². The van der Waals surface area contributed by atoms with Crippen LogP contribution in [0.2, 0.25) is 0 Å². The molecular formula is C25H22N2O2S. The van der Waals surface area contributed by atoms with E-state index in [0.717, 1.165) is 22.4 Å². The van der Waals surface area contributed by atoms with Crippen molar-refractivity contribution in [2.75, 3.05) is 14.2 Å². The first-order valence-corrected chi connectivity index (χ1v) is 10.1. The summed E-state index contributed by atoms with van der Waals surface area (Å²) in [5, 5.41) is 0.506. The molecule has 30 heavy (non-hydrogen) atoms. The van der Waals surface area contributed by atoms with Crippen molar-refractivity contribution in [1.29, 1.82) is 0 Å². The van der Waals surface area contributed by atoms with E-state index in [4.69, 9.17) is 17.0 Å². The molecule has 0 radical (unpaired) electrons. The third-order valence-electron chi connectivity index (χ3n) is 5.16. The lowest BCUT2D eigenvalue weighted by Gasteiger charge is -2.16. The Balaban J connectivity index is 1.52. The van der Waals surface area contributed by atoms with Crippen molar-refractivity contribution >= 4 is 29.3 Å². The molecule has 0 unspecified atom stereocenters. The first kappa shape index (κ1) is 19.9. The molecule has 0 spiro atoms. The highest BCUT2D eigenvalue weighted by molar-refractivity contribution is 7.80. The number of hydrogen-bond donors (Lipinski definition) is 0. The first-order chi connectivity index (χ1) is 14.6. The molecule has 0 saturated carbocycles. The summed E-state index contributed by atoms with van der Waals surface area (Å²) >= 11 is 5.54. The first-order valence-electron chi connectivity index (χ1n) is 9.66. The molecule has 1 aliphatic heterocycles. The number of likely N-dealkylation sites (N-methyl/N-ethyl adjacent to an activating group) is 1. The summed E-state index contributed by atoms with van der Waals surface area (Å²) in [4.78, 5) is 16.5. The highest BCUT2D eigenvalue weighted by Crippen LogP contribution is 2.26. The van der Waals surface area contributed by atoms with Crippen molar-refractivity contribution in [1.82, 2.24) is 9.80 Å². The molecule has 4 nitrogen and oxygen atoms in total. The monoisotopic (exact) mass is 414 g/mol. The van der Waals surface area contributed by atoms with Gasteiger partial charge in [-0.05, 0) is 52.7 Å². The van der Waals surface area contributed by atoms with Crippen LogP contribution in [0.25, 0.3) is 17.2 Å². The molecule has 1 amide bonds. The lowest BCUT2D eigenvalue weighted by atomic mass is 10.0. The molecular weight excluding hydrogens is 392 g/mol. The lowest BCUT2D eigenvalue weighted by molar-refractivity contribution is -0.122. The molecule has 4 rings (SSSR count). The molecule has 1 aliphatic rings. The van der Waals surface area contributed by atoms with E-state index in [1.54, 1.807) is 16.9 Å². The molecule has 1 fully saturated rings. The van der Waals surface area contributed by atoms with Crippen LogP contribution in [-0.4, -0.2) is 35.0 Å². The number of rotatable bonds is 5. The molecule has 0 bridgehead atoms. The maximum atomic E-state index is 13.1. The summed E-state index contributed by atoms with van der Waals surface area (Å²) in [6, 6.07) is 26.0. The van der Waals surface area contributed by atoms with Gasteiger partial charge in [0.25, 0.3) is 5.91 Å². The molecule has 3 aromatic carbocycles. The van der Waals surface area contributed by atoms with Gasteiger partial charge in [-0.15, -0.1) is 0 Å². The second kappa shape index (κ2) is 8.51. The summed E-state index contributed by atoms with van der Waals surface area (Å²) in [6.07, 6.45) is 1.85. The highest BCUT2D eigenvalue weighted by Gasteiger charge is 2.35. The van der Waals surface area contributed by atoms with Crippen LogP contribution in [0.5, 0.6) is 5.75 Å². The van der Waals surface area contributed by atoms with Crippen LogP contribution < -0.4 is 4.74 Å². The fourth-order valence-electron chi connectivity index (χ4n) is 3.42. The van der Waals surface area contributed by atoms with E-state index in [9.17, 15) is 4.79 Å². The standard InChI is InChI=1S/C25H22N2O2S/c1-26-23(16-18-10-14-22(29-2)15-11-18)24(28)27(25(26)30)17-19-8-12-21(13-9-19)20-6-4-3-5-7-20/h3-16H,17H2,1-2H3. The minimum atomic E-state index is -0.0922. The topological polar surface area (TPSA) is 32.8 Å². The van der Waals surface area contributed by atoms with Gasteiger partial charge in [-0.3, -0.25) is 9.69 Å². The van der Waals surface area contributed by atoms with E-state index in [2.05, 4.69) is 24.3 Å². The minimum absolute atomic E-state index is 0.0922. The number of benzene rings is 3. The van der Waals surface area contributed by atoms with Crippen LogP contribution in [0.4, 0.5) is 0 Å². The van der Waals surface area contributed by atoms with E-state index >= 15 is 0 Å².